The number of amides is 1. The zero-order valence-electron chi connectivity index (χ0n) is 12.1. The summed E-state index contributed by atoms with van der Waals surface area (Å²) in [5, 5.41) is 6.20. The number of carbonyl (C=O) groups is 1. The molecule has 0 spiro atoms. The van der Waals surface area contributed by atoms with Gasteiger partial charge in [-0.05, 0) is 37.6 Å². The Labute approximate surface area is 128 Å². The zero-order valence-corrected chi connectivity index (χ0v) is 12.8. The van der Waals surface area contributed by atoms with Crippen LogP contribution in [0, 0.1) is 6.92 Å². The van der Waals surface area contributed by atoms with Crippen molar-refractivity contribution < 1.29 is 9.21 Å². The summed E-state index contributed by atoms with van der Waals surface area (Å²) in [6.45, 7) is 5.01. The number of hydrogen-bond acceptors (Lipinski definition) is 4. The van der Waals surface area contributed by atoms with Gasteiger partial charge in [0, 0.05) is 6.54 Å². The molecule has 0 aliphatic carbocycles. The van der Waals surface area contributed by atoms with Crippen molar-refractivity contribution in [1.82, 2.24) is 10.3 Å². The van der Waals surface area contributed by atoms with Crippen LogP contribution in [0.25, 0.3) is 0 Å². The molecule has 0 saturated heterocycles. The molecule has 5 nitrogen and oxygen atoms in total. The summed E-state index contributed by atoms with van der Waals surface area (Å²) in [6.07, 6.45) is 0.976. The smallest absolute Gasteiger partial charge is 0.271 e. The molecule has 2 aromatic heterocycles. The average Bonchev–Trinajstić information content (AvgIpc) is 2.89. The predicted octanol–water partition coefficient (Wildman–Crippen LogP) is 3.39. The third-order valence-electron chi connectivity index (χ3n) is 2.84. The van der Waals surface area contributed by atoms with E-state index in [0.717, 1.165) is 18.7 Å². The minimum atomic E-state index is -0.325. The maximum Gasteiger partial charge on any atom is 0.271 e. The summed E-state index contributed by atoms with van der Waals surface area (Å²) in [6, 6.07) is 7.09. The first-order valence-corrected chi connectivity index (χ1v) is 7.22. The maximum absolute atomic E-state index is 12.1. The first kappa shape index (κ1) is 15.4. The van der Waals surface area contributed by atoms with E-state index in [1.165, 1.54) is 0 Å². The summed E-state index contributed by atoms with van der Waals surface area (Å²) >= 11 is 6.04. The standard InChI is InChI=1S/C15H18ClN3O2/c1-3-8-17-13-7-6-12(16)14(19-13)15(20)18-9-11-5-4-10(2)21-11/h4-7H,3,8-9H2,1-2H3,(H,17,19)(H,18,20). The third kappa shape index (κ3) is 4.23. The SMILES string of the molecule is CCCNc1ccc(Cl)c(C(=O)NCc2ccc(C)o2)n1. The van der Waals surface area contributed by atoms with Crippen molar-refractivity contribution in [2.45, 2.75) is 26.8 Å². The minimum Gasteiger partial charge on any atom is -0.465 e. The molecule has 21 heavy (non-hydrogen) atoms. The van der Waals surface area contributed by atoms with E-state index >= 15 is 0 Å². The fourth-order valence-electron chi connectivity index (χ4n) is 1.78. The van der Waals surface area contributed by atoms with E-state index in [-0.39, 0.29) is 11.6 Å². The van der Waals surface area contributed by atoms with Crippen molar-refractivity contribution in [3.05, 3.63) is 46.5 Å². The van der Waals surface area contributed by atoms with Gasteiger partial charge in [-0.2, -0.15) is 0 Å². The summed E-state index contributed by atoms with van der Waals surface area (Å²) in [5.41, 5.74) is 0.209. The quantitative estimate of drug-likeness (QED) is 0.858. The van der Waals surface area contributed by atoms with Gasteiger partial charge in [-0.25, -0.2) is 4.98 Å². The van der Waals surface area contributed by atoms with Gasteiger partial charge in [-0.15, -0.1) is 0 Å². The summed E-state index contributed by atoms with van der Waals surface area (Å²) in [7, 11) is 0. The number of nitrogens with zero attached hydrogens (tertiary/aromatic N) is 1. The van der Waals surface area contributed by atoms with Crippen LogP contribution in [0.2, 0.25) is 5.02 Å². The van der Waals surface area contributed by atoms with Crippen molar-refractivity contribution in [2.75, 3.05) is 11.9 Å². The van der Waals surface area contributed by atoms with Crippen LogP contribution in [0.15, 0.2) is 28.7 Å². The summed E-state index contributed by atoms with van der Waals surface area (Å²) in [4.78, 5) is 16.4. The van der Waals surface area contributed by atoms with E-state index < -0.39 is 0 Å². The number of aryl methyl sites for hydroxylation is 1. The van der Waals surface area contributed by atoms with E-state index in [2.05, 4.69) is 22.5 Å². The second-order valence-electron chi connectivity index (χ2n) is 4.65. The predicted molar refractivity (Wildman–Crippen MR) is 82.6 cm³/mol. The summed E-state index contributed by atoms with van der Waals surface area (Å²) in [5.74, 6) is 1.81. The van der Waals surface area contributed by atoms with Crippen molar-refractivity contribution in [1.29, 1.82) is 0 Å². The molecule has 1 amide bonds. The molecule has 2 N–H and O–H groups in total. The Balaban J connectivity index is 2.03. The minimum absolute atomic E-state index is 0.209. The molecule has 2 heterocycles. The Hall–Kier alpha value is -2.01. The maximum atomic E-state index is 12.1. The molecule has 0 aromatic carbocycles. The Morgan fingerprint density at radius 1 is 1.33 bits per heavy atom. The van der Waals surface area contributed by atoms with E-state index in [1.807, 2.05) is 19.1 Å². The van der Waals surface area contributed by atoms with Gasteiger partial charge in [-0.3, -0.25) is 4.79 Å². The third-order valence-corrected chi connectivity index (χ3v) is 3.14. The Kier molecular flexibility index (Phi) is 5.22. The van der Waals surface area contributed by atoms with Gasteiger partial charge in [0.15, 0.2) is 0 Å². The number of anilines is 1. The Bertz CT molecular complexity index is 625. The lowest BCUT2D eigenvalue weighted by molar-refractivity contribution is 0.0943. The van der Waals surface area contributed by atoms with Gasteiger partial charge in [0.2, 0.25) is 0 Å². The fraction of sp³-hybridized carbons (Fsp3) is 0.333. The van der Waals surface area contributed by atoms with Crippen molar-refractivity contribution in [3.63, 3.8) is 0 Å². The number of hydrogen-bond donors (Lipinski definition) is 2. The van der Waals surface area contributed by atoms with E-state index in [0.29, 0.717) is 23.1 Å². The lowest BCUT2D eigenvalue weighted by atomic mass is 10.3. The Morgan fingerprint density at radius 2 is 2.14 bits per heavy atom. The monoisotopic (exact) mass is 307 g/mol. The average molecular weight is 308 g/mol. The van der Waals surface area contributed by atoms with Gasteiger partial charge in [0.25, 0.3) is 5.91 Å². The van der Waals surface area contributed by atoms with Crippen LogP contribution in [-0.2, 0) is 6.54 Å². The number of nitrogens with one attached hydrogen (secondary N) is 2. The molecule has 0 unspecified atom stereocenters. The van der Waals surface area contributed by atoms with Crippen LogP contribution >= 0.6 is 11.6 Å². The van der Waals surface area contributed by atoms with Crippen LogP contribution in [0.4, 0.5) is 5.82 Å². The highest BCUT2D eigenvalue weighted by atomic mass is 35.5. The molecule has 0 fully saturated rings. The molecular weight excluding hydrogens is 290 g/mol. The first-order valence-electron chi connectivity index (χ1n) is 6.84. The lowest BCUT2D eigenvalue weighted by Crippen LogP contribution is -2.24. The molecule has 6 heteroatoms. The highest BCUT2D eigenvalue weighted by Crippen LogP contribution is 2.17. The van der Waals surface area contributed by atoms with Gasteiger partial charge < -0.3 is 15.1 Å². The molecule has 0 saturated carbocycles. The van der Waals surface area contributed by atoms with Crippen LogP contribution in [-0.4, -0.2) is 17.4 Å². The number of rotatable bonds is 6. The van der Waals surface area contributed by atoms with Gasteiger partial charge >= 0.3 is 0 Å². The van der Waals surface area contributed by atoms with Crippen LogP contribution < -0.4 is 10.6 Å². The molecule has 0 aliphatic heterocycles. The summed E-state index contributed by atoms with van der Waals surface area (Å²) < 4.78 is 5.40. The number of pyridine rings is 1. The van der Waals surface area contributed by atoms with Crippen molar-refractivity contribution in [3.8, 4) is 0 Å². The second kappa shape index (κ2) is 7.13. The van der Waals surface area contributed by atoms with E-state index in [1.54, 1.807) is 12.1 Å². The molecule has 112 valence electrons. The molecular formula is C15H18ClN3O2. The number of aromatic nitrogens is 1. The highest BCUT2D eigenvalue weighted by Gasteiger charge is 2.13. The highest BCUT2D eigenvalue weighted by molar-refractivity contribution is 6.33. The zero-order chi connectivity index (χ0) is 15.2. The number of furan rings is 1. The molecule has 0 radical (unpaired) electrons. The normalized spacial score (nSPS) is 10.4. The van der Waals surface area contributed by atoms with Crippen molar-refractivity contribution >= 4 is 23.3 Å². The van der Waals surface area contributed by atoms with Crippen LogP contribution in [0.1, 0.15) is 35.4 Å². The molecule has 0 bridgehead atoms. The van der Waals surface area contributed by atoms with Crippen LogP contribution in [0.5, 0.6) is 0 Å². The Morgan fingerprint density at radius 3 is 2.81 bits per heavy atom. The van der Waals surface area contributed by atoms with Crippen LogP contribution in [0.3, 0.4) is 0 Å². The molecule has 2 rings (SSSR count). The van der Waals surface area contributed by atoms with Gasteiger partial charge in [-0.1, -0.05) is 18.5 Å². The molecule has 2 aromatic rings. The fourth-order valence-corrected chi connectivity index (χ4v) is 1.98. The number of halogens is 1. The second-order valence-corrected chi connectivity index (χ2v) is 5.06. The largest absolute Gasteiger partial charge is 0.465 e. The topological polar surface area (TPSA) is 67.2 Å². The van der Waals surface area contributed by atoms with E-state index in [4.69, 9.17) is 16.0 Å². The molecule has 0 aliphatic rings. The lowest BCUT2D eigenvalue weighted by Gasteiger charge is -2.08. The molecule has 0 atom stereocenters. The van der Waals surface area contributed by atoms with Gasteiger partial charge in [0.05, 0.1) is 11.6 Å². The first-order chi connectivity index (χ1) is 10.1. The van der Waals surface area contributed by atoms with E-state index in [9.17, 15) is 4.79 Å². The van der Waals surface area contributed by atoms with Gasteiger partial charge in [0.1, 0.15) is 23.0 Å². The van der Waals surface area contributed by atoms with Crippen molar-refractivity contribution in [2.24, 2.45) is 0 Å². The number of carbonyl (C=O) groups excluding carboxylic acids is 1.